The lowest BCUT2D eigenvalue weighted by atomic mass is 9.97. The average molecular weight is 549 g/mol. The minimum atomic E-state index is -0.161. The third kappa shape index (κ3) is 4.96. The molecule has 39 heavy (non-hydrogen) atoms. The Morgan fingerprint density at radius 3 is 2.62 bits per heavy atom. The number of nitrogens with zero attached hydrogens (tertiary/aromatic N) is 4. The quantitative estimate of drug-likeness (QED) is 0.485. The second kappa shape index (κ2) is 10.5. The number of H-pyrrole nitrogens is 1. The van der Waals surface area contributed by atoms with E-state index in [0.29, 0.717) is 30.2 Å². The van der Waals surface area contributed by atoms with Gasteiger partial charge in [-0.2, -0.15) is 0 Å². The van der Waals surface area contributed by atoms with Crippen molar-refractivity contribution >= 4 is 51.7 Å². The van der Waals surface area contributed by atoms with Crippen LogP contribution in [0, 0.1) is 0 Å². The van der Waals surface area contributed by atoms with E-state index < -0.39 is 0 Å². The van der Waals surface area contributed by atoms with Crippen LogP contribution in [0.1, 0.15) is 36.0 Å². The van der Waals surface area contributed by atoms with E-state index in [-0.39, 0.29) is 29.9 Å². The molecule has 4 amide bonds. The van der Waals surface area contributed by atoms with Gasteiger partial charge in [0.25, 0.3) is 5.91 Å². The summed E-state index contributed by atoms with van der Waals surface area (Å²) in [6.07, 6.45) is 5.65. The van der Waals surface area contributed by atoms with Crippen molar-refractivity contribution in [3.63, 3.8) is 0 Å². The van der Waals surface area contributed by atoms with Crippen LogP contribution in [-0.2, 0) is 4.79 Å². The fraction of sp³-hybridized carbons (Fsp3) is 0.414. The van der Waals surface area contributed by atoms with Gasteiger partial charge in [0.2, 0.25) is 5.91 Å². The molecular weight excluding hydrogens is 516 g/mol. The monoisotopic (exact) mass is 548 g/mol. The fourth-order valence-electron chi connectivity index (χ4n) is 6.05. The molecular formula is C29H33ClN6O3. The smallest absolute Gasteiger partial charge is 0.324 e. The highest BCUT2D eigenvalue weighted by Gasteiger charge is 2.44. The van der Waals surface area contributed by atoms with E-state index in [9.17, 15) is 14.4 Å². The zero-order chi connectivity index (χ0) is 27.1. The minimum Gasteiger partial charge on any atom is -0.360 e. The van der Waals surface area contributed by atoms with Crippen molar-refractivity contribution in [2.24, 2.45) is 0 Å². The van der Waals surface area contributed by atoms with Crippen LogP contribution in [0.4, 0.5) is 16.2 Å². The molecule has 0 radical (unpaired) electrons. The van der Waals surface area contributed by atoms with Crippen LogP contribution in [-0.4, -0.2) is 84.5 Å². The van der Waals surface area contributed by atoms with Gasteiger partial charge >= 0.3 is 6.03 Å². The van der Waals surface area contributed by atoms with Crippen LogP contribution in [0.5, 0.6) is 0 Å². The summed E-state index contributed by atoms with van der Waals surface area (Å²) in [4.78, 5) is 49.8. The van der Waals surface area contributed by atoms with Gasteiger partial charge in [0.1, 0.15) is 0 Å². The highest BCUT2D eigenvalue weighted by Crippen LogP contribution is 2.31. The van der Waals surface area contributed by atoms with E-state index in [2.05, 4.69) is 15.2 Å². The normalized spacial score (nSPS) is 21.4. The molecule has 2 N–H and O–H groups in total. The Balaban J connectivity index is 1.12. The topological polar surface area (TPSA) is 92.0 Å². The van der Waals surface area contributed by atoms with E-state index >= 15 is 0 Å². The second-order valence-electron chi connectivity index (χ2n) is 10.7. The van der Waals surface area contributed by atoms with Gasteiger partial charge in [0, 0.05) is 47.6 Å². The van der Waals surface area contributed by atoms with Gasteiger partial charge in [-0.05, 0) is 75.2 Å². The van der Waals surface area contributed by atoms with Gasteiger partial charge in [-0.1, -0.05) is 17.7 Å². The van der Waals surface area contributed by atoms with Crippen molar-refractivity contribution in [1.82, 2.24) is 20.1 Å². The van der Waals surface area contributed by atoms with Crippen LogP contribution in [0.25, 0.3) is 10.9 Å². The van der Waals surface area contributed by atoms with Crippen molar-refractivity contribution in [3.8, 4) is 0 Å². The Hall–Kier alpha value is -3.56. The predicted octanol–water partition coefficient (Wildman–Crippen LogP) is 4.08. The number of urea groups is 1. The average Bonchev–Trinajstić information content (AvgIpc) is 3.68. The fourth-order valence-corrected chi connectivity index (χ4v) is 6.27. The van der Waals surface area contributed by atoms with Crippen molar-refractivity contribution in [2.75, 3.05) is 49.6 Å². The Labute approximate surface area is 232 Å². The molecule has 0 aliphatic carbocycles. The summed E-state index contributed by atoms with van der Waals surface area (Å²) in [6.45, 7) is 3.56. The molecule has 6 rings (SSSR count). The van der Waals surface area contributed by atoms with E-state index in [1.54, 1.807) is 35.2 Å². The number of nitrogens with one attached hydrogen (secondary N) is 2. The molecule has 4 heterocycles. The lowest BCUT2D eigenvalue weighted by molar-refractivity contribution is -0.119. The summed E-state index contributed by atoms with van der Waals surface area (Å²) >= 11 is 6.17. The number of aromatic nitrogens is 1. The molecule has 0 bridgehead atoms. The first kappa shape index (κ1) is 25.7. The molecule has 204 valence electrons. The molecule has 3 aromatic rings. The number of amides is 4. The number of halogens is 1. The summed E-state index contributed by atoms with van der Waals surface area (Å²) in [7, 11) is 1.80. The second-order valence-corrected chi connectivity index (χ2v) is 11.1. The first-order valence-electron chi connectivity index (χ1n) is 13.6. The van der Waals surface area contributed by atoms with Gasteiger partial charge in [-0.15, -0.1) is 0 Å². The number of likely N-dealkylation sites (tertiary alicyclic amines) is 1. The third-order valence-electron chi connectivity index (χ3n) is 8.32. The number of benzene rings is 2. The largest absolute Gasteiger partial charge is 0.360 e. The number of hydrogen-bond acceptors (Lipinski definition) is 4. The van der Waals surface area contributed by atoms with E-state index in [4.69, 9.17) is 11.6 Å². The number of piperidine rings is 1. The van der Waals surface area contributed by atoms with Gasteiger partial charge in [0.15, 0.2) is 0 Å². The number of likely N-dealkylation sites (N-methyl/N-ethyl adjacent to an activating group) is 1. The summed E-state index contributed by atoms with van der Waals surface area (Å²) in [5, 5.41) is 4.68. The van der Waals surface area contributed by atoms with Gasteiger partial charge < -0.3 is 20.1 Å². The van der Waals surface area contributed by atoms with E-state index in [1.165, 1.54) is 0 Å². The number of hydrogen-bond donors (Lipinski definition) is 2. The van der Waals surface area contributed by atoms with E-state index in [1.807, 2.05) is 35.2 Å². The summed E-state index contributed by atoms with van der Waals surface area (Å²) < 4.78 is 0. The van der Waals surface area contributed by atoms with Crippen molar-refractivity contribution in [2.45, 2.75) is 37.8 Å². The number of fused-ring (bicyclic) bond motifs is 2. The van der Waals surface area contributed by atoms with Crippen LogP contribution < -0.4 is 15.1 Å². The molecule has 2 aromatic carbocycles. The lowest BCUT2D eigenvalue weighted by Gasteiger charge is -2.35. The van der Waals surface area contributed by atoms with Crippen molar-refractivity contribution in [1.29, 1.82) is 0 Å². The highest BCUT2D eigenvalue weighted by molar-refractivity contribution is 6.35. The molecule has 3 aliphatic heterocycles. The first-order valence-corrected chi connectivity index (χ1v) is 14.0. The maximum Gasteiger partial charge on any atom is 0.324 e. The van der Waals surface area contributed by atoms with Crippen LogP contribution in [0.2, 0.25) is 5.02 Å². The standard InChI is InChI=1S/C29H33ClN6O3/c1-33(27(37)18-34-12-2-3-13-34)20-7-9-21(10-8-20)36-17-26-24(5-4-14-35(26)29(36)39)32-28(38)19-6-11-22-23(30)16-31-25(22)15-19/h6-11,15-16,24,26,31H,2-5,12-14,17-18H2,1H3,(H,32,38)/t24-,26-/m1/s1. The molecule has 0 spiro atoms. The predicted molar refractivity (Wildman–Crippen MR) is 153 cm³/mol. The Kier molecular flexibility index (Phi) is 6.95. The SMILES string of the molecule is CN(C(=O)CN1CCCC1)c1ccc(N2C[C@@H]3[C@H](NC(=O)c4ccc5c(Cl)c[nH]c5c4)CCCN3C2=O)cc1. The lowest BCUT2D eigenvalue weighted by Crippen LogP contribution is -2.54. The van der Waals surface area contributed by atoms with E-state index in [0.717, 1.165) is 61.1 Å². The third-order valence-corrected chi connectivity index (χ3v) is 8.63. The number of anilines is 2. The molecule has 3 fully saturated rings. The molecule has 1 aromatic heterocycles. The number of carbonyl (C=O) groups is 3. The highest BCUT2D eigenvalue weighted by atomic mass is 35.5. The maximum absolute atomic E-state index is 13.4. The van der Waals surface area contributed by atoms with Gasteiger partial charge in [-0.3, -0.25) is 19.4 Å². The van der Waals surface area contributed by atoms with Crippen LogP contribution >= 0.6 is 11.6 Å². The molecule has 9 nitrogen and oxygen atoms in total. The first-order chi connectivity index (χ1) is 18.9. The summed E-state index contributed by atoms with van der Waals surface area (Å²) in [5.74, 6) is -0.0949. The number of carbonyl (C=O) groups excluding carboxylic acids is 3. The maximum atomic E-state index is 13.4. The van der Waals surface area contributed by atoms with Crippen LogP contribution in [0.3, 0.4) is 0 Å². The van der Waals surface area contributed by atoms with Gasteiger partial charge in [0.05, 0.1) is 30.2 Å². The number of aromatic amines is 1. The molecule has 0 saturated carbocycles. The van der Waals surface area contributed by atoms with Crippen LogP contribution in [0.15, 0.2) is 48.7 Å². The van der Waals surface area contributed by atoms with Crippen molar-refractivity contribution in [3.05, 3.63) is 59.2 Å². The summed E-state index contributed by atoms with van der Waals surface area (Å²) in [6, 6.07) is 12.7. The Morgan fingerprint density at radius 2 is 1.85 bits per heavy atom. The molecule has 2 atom stereocenters. The molecule has 0 unspecified atom stereocenters. The zero-order valence-corrected chi connectivity index (χ0v) is 22.8. The van der Waals surface area contributed by atoms with Crippen molar-refractivity contribution < 1.29 is 14.4 Å². The van der Waals surface area contributed by atoms with Gasteiger partial charge in [-0.25, -0.2) is 4.79 Å². The molecule has 3 saturated heterocycles. The minimum absolute atomic E-state index is 0.0485. The summed E-state index contributed by atoms with van der Waals surface area (Å²) in [5.41, 5.74) is 2.96. The molecule has 3 aliphatic rings. The Morgan fingerprint density at radius 1 is 1.08 bits per heavy atom. The number of rotatable bonds is 6. The Bertz CT molecular complexity index is 1400. The molecule has 10 heteroatoms. The zero-order valence-electron chi connectivity index (χ0n) is 22.0.